The quantitative estimate of drug-likeness (QED) is 0.692. The molecule has 0 heterocycles. The van der Waals surface area contributed by atoms with E-state index >= 15 is 0 Å². The summed E-state index contributed by atoms with van der Waals surface area (Å²) in [5, 5.41) is 0. The molecule has 1 aromatic rings. The van der Waals surface area contributed by atoms with Gasteiger partial charge < -0.3 is 0 Å². The zero-order valence-corrected chi connectivity index (χ0v) is 9.49. The third-order valence-electron chi connectivity index (χ3n) is 3.34. The second-order valence-corrected chi connectivity index (χ2v) is 4.92. The molecule has 0 saturated carbocycles. The number of hydrogen-bond acceptors (Lipinski definition) is 1. The van der Waals surface area contributed by atoms with Gasteiger partial charge in [0.25, 0.3) is 0 Å². The van der Waals surface area contributed by atoms with E-state index < -0.39 is 0 Å². The Bertz CT molecular complexity index is 434. The second-order valence-electron chi connectivity index (χ2n) is 4.13. The Kier molecular flexibility index (Phi) is 1.81. The van der Waals surface area contributed by atoms with Crippen molar-refractivity contribution < 1.29 is 4.79 Å². The maximum Gasteiger partial charge on any atom is 0.163 e. The Balaban J connectivity index is 2.29. The van der Waals surface area contributed by atoms with Gasteiger partial charge in [0.2, 0.25) is 0 Å². The number of ketones is 1. The van der Waals surface area contributed by atoms with Gasteiger partial charge in [0.05, 0.1) is 0 Å². The lowest BCUT2D eigenvalue weighted by Crippen LogP contribution is -1.96. The number of halogens is 1. The summed E-state index contributed by atoms with van der Waals surface area (Å²) in [6.07, 6.45) is 5.20. The van der Waals surface area contributed by atoms with Crippen LogP contribution in [0.3, 0.4) is 0 Å². The highest BCUT2D eigenvalue weighted by Crippen LogP contribution is 2.37. The van der Waals surface area contributed by atoms with Crippen molar-refractivity contribution in [1.82, 2.24) is 0 Å². The highest BCUT2D eigenvalue weighted by Gasteiger charge is 2.26. The molecule has 3 rings (SSSR count). The van der Waals surface area contributed by atoms with Gasteiger partial charge in [-0.3, -0.25) is 4.79 Å². The first-order valence-corrected chi connectivity index (χ1v) is 5.93. The molecule has 0 saturated heterocycles. The molecule has 0 aromatic heterocycles. The van der Waals surface area contributed by atoms with Gasteiger partial charge in [0.1, 0.15) is 0 Å². The third-order valence-corrected chi connectivity index (χ3v) is 4.29. The summed E-state index contributed by atoms with van der Waals surface area (Å²) in [6.45, 7) is 0. The molecular weight excluding hydrogens is 240 g/mol. The first kappa shape index (κ1) is 8.66. The van der Waals surface area contributed by atoms with Crippen molar-refractivity contribution in [1.29, 1.82) is 0 Å². The minimum absolute atomic E-state index is 0.329. The molecule has 2 heteroatoms. The molecule has 0 spiro atoms. The Morgan fingerprint density at radius 3 is 2.79 bits per heavy atom. The molecular formula is C12H11BrO. The molecule has 14 heavy (non-hydrogen) atoms. The van der Waals surface area contributed by atoms with E-state index in [2.05, 4.69) is 22.0 Å². The van der Waals surface area contributed by atoms with Crippen LogP contribution in [0.25, 0.3) is 0 Å². The lowest BCUT2D eigenvalue weighted by atomic mass is 10.0. The monoisotopic (exact) mass is 250 g/mol. The summed E-state index contributed by atoms with van der Waals surface area (Å²) in [7, 11) is 0. The van der Waals surface area contributed by atoms with Gasteiger partial charge in [0, 0.05) is 16.5 Å². The lowest BCUT2D eigenvalue weighted by Gasteiger charge is -2.08. The van der Waals surface area contributed by atoms with E-state index in [1.165, 1.54) is 34.0 Å². The van der Waals surface area contributed by atoms with Crippen molar-refractivity contribution in [2.24, 2.45) is 0 Å². The maximum atomic E-state index is 11.6. The number of hydrogen-bond donors (Lipinski definition) is 0. The van der Waals surface area contributed by atoms with E-state index in [0.717, 1.165) is 18.4 Å². The molecule has 0 amide bonds. The summed E-state index contributed by atoms with van der Waals surface area (Å²) in [4.78, 5) is 11.6. The van der Waals surface area contributed by atoms with E-state index in [-0.39, 0.29) is 0 Å². The van der Waals surface area contributed by atoms with Gasteiger partial charge in [-0.1, -0.05) is 15.9 Å². The zero-order valence-electron chi connectivity index (χ0n) is 7.90. The first-order valence-electron chi connectivity index (χ1n) is 5.13. The SMILES string of the molecule is O=C1CCc2c1cc1c(c2Br)CCC1. The lowest BCUT2D eigenvalue weighted by molar-refractivity contribution is 0.0994. The molecule has 1 aromatic carbocycles. The van der Waals surface area contributed by atoms with Gasteiger partial charge in [0.15, 0.2) is 5.78 Å². The number of benzene rings is 1. The van der Waals surface area contributed by atoms with Crippen LogP contribution >= 0.6 is 15.9 Å². The molecule has 0 unspecified atom stereocenters. The number of rotatable bonds is 0. The molecule has 72 valence electrons. The van der Waals surface area contributed by atoms with Crippen molar-refractivity contribution >= 4 is 21.7 Å². The Morgan fingerprint density at radius 2 is 1.93 bits per heavy atom. The molecule has 0 bridgehead atoms. The summed E-state index contributed by atoms with van der Waals surface area (Å²) < 4.78 is 1.23. The summed E-state index contributed by atoms with van der Waals surface area (Å²) >= 11 is 3.66. The summed E-state index contributed by atoms with van der Waals surface area (Å²) in [5.74, 6) is 0.329. The summed E-state index contributed by atoms with van der Waals surface area (Å²) in [5.41, 5.74) is 5.09. The second kappa shape index (κ2) is 2.93. The molecule has 0 fully saturated rings. The number of aryl methyl sites for hydroxylation is 1. The average Bonchev–Trinajstić information content (AvgIpc) is 2.75. The molecule has 2 aliphatic carbocycles. The van der Waals surface area contributed by atoms with Crippen molar-refractivity contribution in [2.75, 3.05) is 0 Å². The van der Waals surface area contributed by atoms with Crippen LogP contribution < -0.4 is 0 Å². The topological polar surface area (TPSA) is 17.1 Å². The number of carbonyl (C=O) groups is 1. The smallest absolute Gasteiger partial charge is 0.163 e. The van der Waals surface area contributed by atoms with Crippen molar-refractivity contribution in [3.05, 3.63) is 32.8 Å². The van der Waals surface area contributed by atoms with Crippen LogP contribution in [0.15, 0.2) is 10.5 Å². The summed E-state index contributed by atoms with van der Waals surface area (Å²) in [6, 6.07) is 2.14. The van der Waals surface area contributed by atoms with Gasteiger partial charge >= 0.3 is 0 Å². The fraction of sp³-hybridized carbons (Fsp3) is 0.417. The van der Waals surface area contributed by atoms with E-state index in [1.54, 1.807) is 0 Å². The fourth-order valence-electron chi connectivity index (χ4n) is 2.61. The number of fused-ring (bicyclic) bond motifs is 2. The third kappa shape index (κ3) is 1.04. The Hall–Kier alpha value is -0.630. The van der Waals surface area contributed by atoms with Crippen LogP contribution in [0, 0.1) is 0 Å². The van der Waals surface area contributed by atoms with Crippen LogP contribution in [0.5, 0.6) is 0 Å². The van der Waals surface area contributed by atoms with E-state index in [1.807, 2.05) is 0 Å². The predicted molar refractivity (Wildman–Crippen MR) is 58.8 cm³/mol. The van der Waals surface area contributed by atoms with E-state index in [4.69, 9.17) is 0 Å². The van der Waals surface area contributed by atoms with Crippen LogP contribution in [0.1, 0.15) is 39.9 Å². The Morgan fingerprint density at radius 1 is 1.07 bits per heavy atom. The largest absolute Gasteiger partial charge is 0.294 e. The van der Waals surface area contributed by atoms with E-state index in [0.29, 0.717) is 12.2 Å². The highest BCUT2D eigenvalue weighted by atomic mass is 79.9. The highest BCUT2D eigenvalue weighted by molar-refractivity contribution is 9.10. The van der Waals surface area contributed by atoms with Crippen molar-refractivity contribution in [2.45, 2.75) is 32.1 Å². The van der Waals surface area contributed by atoms with Crippen LogP contribution in [0.2, 0.25) is 0 Å². The minimum Gasteiger partial charge on any atom is -0.294 e. The van der Waals surface area contributed by atoms with Crippen molar-refractivity contribution in [3.8, 4) is 0 Å². The van der Waals surface area contributed by atoms with Gasteiger partial charge in [-0.15, -0.1) is 0 Å². The number of carbonyl (C=O) groups excluding carboxylic acids is 1. The van der Waals surface area contributed by atoms with Crippen LogP contribution in [-0.2, 0) is 19.3 Å². The predicted octanol–water partition coefficient (Wildman–Crippen LogP) is 3.07. The van der Waals surface area contributed by atoms with Crippen LogP contribution in [0.4, 0.5) is 0 Å². The zero-order chi connectivity index (χ0) is 9.71. The van der Waals surface area contributed by atoms with Crippen LogP contribution in [-0.4, -0.2) is 5.78 Å². The van der Waals surface area contributed by atoms with Gasteiger partial charge in [-0.05, 0) is 48.4 Å². The molecule has 0 N–H and O–H groups in total. The maximum absolute atomic E-state index is 11.6. The standard InChI is InChI=1S/C12H11BrO/c13-12-8-3-1-2-7(8)6-10-9(12)4-5-11(10)14/h6H,1-5H2. The van der Waals surface area contributed by atoms with Crippen molar-refractivity contribution in [3.63, 3.8) is 0 Å². The molecule has 0 aliphatic heterocycles. The Labute approximate surface area is 91.6 Å². The molecule has 1 nitrogen and oxygen atoms in total. The first-order chi connectivity index (χ1) is 6.77. The average molecular weight is 251 g/mol. The normalized spacial score (nSPS) is 18.5. The van der Waals surface area contributed by atoms with Gasteiger partial charge in [-0.2, -0.15) is 0 Å². The molecule has 0 radical (unpaired) electrons. The van der Waals surface area contributed by atoms with E-state index in [9.17, 15) is 4.79 Å². The minimum atomic E-state index is 0.329. The molecule has 0 atom stereocenters. The number of Topliss-reactive ketones (excluding diaryl/α,β-unsaturated/α-hetero) is 1. The molecule has 2 aliphatic rings. The fourth-order valence-corrected chi connectivity index (χ4v) is 3.47. The van der Waals surface area contributed by atoms with Gasteiger partial charge in [-0.25, -0.2) is 0 Å².